The molecule has 2 aliphatic heterocycles. The number of rotatable bonds is 3. The van der Waals surface area contributed by atoms with Gasteiger partial charge >= 0.3 is 0 Å². The van der Waals surface area contributed by atoms with Gasteiger partial charge in [0.15, 0.2) is 0 Å². The van der Waals surface area contributed by atoms with Crippen LogP contribution in [0.3, 0.4) is 0 Å². The summed E-state index contributed by atoms with van der Waals surface area (Å²) in [7, 11) is 0. The van der Waals surface area contributed by atoms with Crippen molar-refractivity contribution >= 4 is 11.8 Å². The van der Waals surface area contributed by atoms with Gasteiger partial charge in [-0.1, -0.05) is 13.8 Å². The van der Waals surface area contributed by atoms with Crippen LogP contribution in [0.5, 0.6) is 0 Å². The minimum atomic E-state index is -0.0909. The van der Waals surface area contributed by atoms with Crippen LogP contribution in [0.15, 0.2) is 12.3 Å². The van der Waals surface area contributed by atoms with E-state index in [2.05, 4.69) is 5.10 Å². The van der Waals surface area contributed by atoms with Crippen LogP contribution in [0.4, 0.5) is 0 Å². The summed E-state index contributed by atoms with van der Waals surface area (Å²) in [4.78, 5) is 28.6. The number of aromatic nitrogens is 2. The van der Waals surface area contributed by atoms with Gasteiger partial charge in [0.25, 0.3) is 0 Å². The lowest BCUT2D eigenvalue weighted by Crippen LogP contribution is -2.46. The van der Waals surface area contributed by atoms with Gasteiger partial charge < -0.3 is 14.5 Å². The van der Waals surface area contributed by atoms with Crippen molar-refractivity contribution in [3.05, 3.63) is 18.0 Å². The average Bonchev–Trinajstić information content (AvgIpc) is 3.03. The van der Waals surface area contributed by atoms with Gasteiger partial charge in [-0.05, 0) is 6.07 Å². The summed E-state index contributed by atoms with van der Waals surface area (Å²) in [5, 5.41) is 4.36. The third-order valence-corrected chi connectivity index (χ3v) is 4.46. The Morgan fingerprint density at radius 2 is 2.04 bits per heavy atom. The number of ether oxygens (including phenoxy) is 1. The molecule has 0 radical (unpaired) electrons. The first-order valence-corrected chi connectivity index (χ1v) is 8.23. The number of carbonyl (C=O) groups is 2. The van der Waals surface area contributed by atoms with Crippen molar-refractivity contribution in [1.29, 1.82) is 0 Å². The molecular weight excluding hydrogens is 296 g/mol. The van der Waals surface area contributed by atoms with Gasteiger partial charge in [-0.2, -0.15) is 5.10 Å². The highest BCUT2D eigenvalue weighted by atomic mass is 16.5. The second-order valence-electron chi connectivity index (χ2n) is 6.49. The Balaban J connectivity index is 1.72. The number of hydrogen-bond donors (Lipinski definition) is 0. The molecular formula is C16H24N4O3. The molecule has 1 aromatic heterocycles. The summed E-state index contributed by atoms with van der Waals surface area (Å²) in [6.45, 7) is 7.41. The monoisotopic (exact) mass is 320 g/mol. The lowest BCUT2D eigenvalue weighted by atomic mass is 10.1. The molecule has 7 nitrogen and oxygen atoms in total. The van der Waals surface area contributed by atoms with Crippen molar-refractivity contribution < 1.29 is 14.3 Å². The molecule has 1 fully saturated rings. The molecule has 0 N–H and O–H groups in total. The fourth-order valence-corrected chi connectivity index (χ4v) is 3.21. The van der Waals surface area contributed by atoms with Crippen LogP contribution in [-0.4, -0.2) is 64.2 Å². The number of fused-ring (bicyclic) bond motifs is 1. The highest BCUT2D eigenvalue weighted by Gasteiger charge is 2.32. The Labute approximate surface area is 136 Å². The second kappa shape index (κ2) is 6.70. The first-order chi connectivity index (χ1) is 11.1. The summed E-state index contributed by atoms with van der Waals surface area (Å²) in [5.74, 6) is 0.194. The van der Waals surface area contributed by atoms with Gasteiger partial charge in [-0.25, -0.2) is 0 Å². The maximum Gasteiger partial charge on any atom is 0.225 e. The molecule has 3 rings (SSSR count). The zero-order valence-electron chi connectivity index (χ0n) is 13.8. The minimum absolute atomic E-state index is 0.0416. The maximum atomic E-state index is 12.5. The van der Waals surface area contributed by atoms with E-state index in [1.807, 2.05) is 34.4 Å². The van der Waals surface area contributed by atoms with Crippen LogP contribution in [0, 0.1) is 5.92 Å². The summed E-state index contributed by atoms with van der Waals surface area (Å²) < 4.78 is 7.20. The lowest BCUT2D eigenvalue weighted by molar-refractivity contribution is -0.140. The van der Waals surface area contributed by atoms with Crippen molar-refractivity contribution in [2.75, 3.05) is 32.8 Å². The molecule has 7 heteroatoms. The Morgan fingerprint density at radius 1 is 1.30 bits per heavy atom. The zero-order chi connectivity index (χ0) is 16.4. The van der Waals surface area contributed by atoms with Crippen LogP contribution in [0.25, 0.3) is 0 Å². The molecule has 0 saturated carbocycles. The normalized spacial score (nSPS) is 21.4. The topological polar surface area (TPSA) is 67.7 Å². The van der Waals surface area contributed by atoms with Crippen LogP contribution >= 0.6 is 0 Å². The standard InChI is InChI=1S/C16H24N4O3/c1-12(2)16(22)19-10-13-3-4-17-20(13)14(11-19)9-15(21)18-5-7-23-8-6-18/h3-4,12,14H,5-11H2,1-2H3/t14-/m0/s1. The van der Waals surface area contributed by atoms with Crippen molar-refractivity contribution in [2.45, 2.75) is 32.9 Å². The largest absolute Gasteiger partial charge is 0.378 e. The van der Waals surface area contributed by atoms with Gasteiger partial charge in [-0.15, -0.1) is 0 Å². The number of hydrogen-bond acceptors (Lipinski definition) is 4. The fraction of sp³-hybridized carbons (Fsp3) is 0.688. The number of amides is 2. The van der Waals surface area contributed by atoms with Crippen molar-refractivity contribution in [1.82, 2.24) is 19.6 Å². The molecule has 23 heavy (non-hydrogen) atoms. The molecule has 2 aliphatic rings. The lowest BCUT2D eigenvalue weighted by Gasteiger charge is -2.36. The number of morpholine rings is 1. The van der Waals surface area contributed by atoms with Crippen molar-refractivity contribution in [3.8, 4) is 0 Å². The smallest absolute Gasteiger partial charge is 0.225 e. The van der Waals surface area contributed by atoms with Crippen LogP contribution in [0.2, 0.25) is 0 Å². The summed E-state index contributed by atoms with van der Waals surface area (Å²) >= 11 is 0. The summed E-state index contributed by atoms with van der Waals surface area (Å²) in [6, 6.07) is 1.83. The number of nitrogens with zero attached hydrogens (tertiary/aromatic N) is 4. The van der Waals surface area contributed by atoms with E-state index in [9.17, 15) is 9.59 Å². The average molecular weight is 320 g/mol. The van der Waals surface area contributed by atoms with Crippen molar-refractivity contribution in [3.63, 3.8) is 0 Å². The van der Waals surface area contributed by atoms with E-state index in [-0.39, 0.29) is 23.8 Å². The van der Waals surface area contributed by atoms with Gasteiger partial charge in [0.1, 0.15) is 0 Å². The first-order valence-electron chi connectivity index (χ1n) is 8.23. The summed E-state index contributed by atoms with van der Waals surface area (Å²) in [5.41, 5.74) is 0.991. The Bertz CT molecular complexity index is 578. The molecule has 0 bridgehead atoms. The predicted octanol–water partition coefficient (Wildman–Crippen LogP) is 0.671. The quantitative estimate of drug-likeness (QED) is 0.821. The van der Waals surface area contributed by atoms with E-state index in [0.717, 1.165) is 5.69 Å². The first kappa shape index (κ1) is 16.0. The molecule has 0 aromatic carbocycles. The molecule has 0 unspecified atom stereocenters. The molecule has 2 amide bonds. The Kier molecular flexibility index (Phi) is 4.66. The van der Waals surface area contributed by atoms with E-state index < -0.39 is 0 Å². The van der Waals surface area contributed by atoms with E-state index in [0.29, 0.717) is 45.8 Å². The van der Waals surface area contributed by atoms with E-state index in [1.165, 1.54) is 0 Å². The molecule has 0 aliphatic carbocycles. The molecule has 1 saturated heterocycles. The second-order valence-corrected chi connectivity index (χ2v) is 6.49. The highest BCUT2D eigenvalue weighted by Crippen LogP contribution is 2.25. The van der Waals surface area contributed by atoms with Gasteiger partial charge in [-0.3, -0.25) is 14.3 Å². The molecule has 3 heterocycles. The van der Waals surface area contributed by atoms with Gasteiger partial charge in [0.2, 0.25) is 11.8 Å². The third-order valence-electron chi connectivity index (χ3n) is 4.46. The van der Waals surface area contributed by atoms with Crippen LogP contribution in [0.1, 0.15) is 32.0 Å². The predicted molar refractivity (Wildman–Crippen MR) is 83.5 cm³/mol. The zero-order valence-corrected chi connectivity index (χ0v) is 13.8. The van der Waals surface area contributed by atoms with Gasteiger partial charge in [0, 0.05) is 31.7 Å². The molecule has 1 aromatic rings. The SMILES string of the molecule is CC(C)C(=O)N1Cc2ccnn2[C@@H](CC(=O)N2CCOCC2)C1. The van der Waals surface area contributed by atoms with E-state index in [4.69, 9.17) is 4.74 Å². The molecule has 0 spiro atoms. The van der Waals surface area contributed by atoms with Crippen molar-refractivity contribution in [2.24, 2.45) is 5.92 Å². The fourth-order valence-electron chi connectivity index (χ4n) is 3.21. The maximum absolute atomic E-state index is 12.5. The van der Waals surface area contributed by atoms with E-state index in [1.54, 1.807) is 6.20 Å². The Hall–Kier alpha value is -1.89. The van der Waals surface area contributed by atoms with E-state index >= 15 is 0 Å². The van der Waals surface area contributed by atoms with Crippen LogP contribution < -0.4 is 0 Å². The third kappa shape index (κ3) is 3.39. The summed E-state index contributed by atoms with van der Waals surface area (Å²) in [6.07, 6.45) is 2.11. The minimum Gasteiger partial charge on any atom is -0.378 e. The molecule has 1 atom stereocenters. The van der Waals surface area contributed by atoms with Gasteiger partial charge in [0.05, 0.1) is 37.9 Å². The highest BCUT2D eigenvalue weighted by molar-refractivity contribution is 5.79. The Morgan fingerprint density at radius 3 is 2.74 bits per heavy atom. The number of carbonyl (C=O) groups excluding carboxylic acids is 2. The molecule has 126 valence electrons. The van der Waals surface area contributed by atoms with Crippen LogP contribution in [-0.2, 0) is 20.9 Å².